The molecule has 0 unspecified atom stereocenters. The van der Waals surface area contributed by atoms with Crippen LogP contribution in [-0.2, 0) is 12.8 Å². The zero-order valence-corrected chi connectivity index (χ0v) is 27.4. The van der Waals surface area contributed by atoms with E-state index >= 15 is 0 Å². The molecule has 0 fully saturated rings. The van der Waals surface area contributed by atoms with Crippen molar-refractivity contribution >= 4 is 47.3 Å². The number of hydrogen-bond donors (Lipinski definition) is 0. The minimum atomic E-state index is -0.307. The SMILES string of the molecule is C.CN1C(=O)c2ccc(Cc3ccc4c(c3)C(=O)N(C)C4=O)cc2C1=O.CN1C(=O)c2ccc(Cc3ccc4c(c3)C(=O)N(C)C4=O)cc2C1=O. The summed E-state index contributed by atoms with van der Waals surface area (Å²) in [6.07, 6.45) is 0.994. The number of carbonyl (C=O) groups is 8. The molecule has 0 saturated carbocycles. The van der Waals surface area contributed by atoms with E-state index in [1.807, 2.05) is 0 Å². The Kier molecular flexibility index (Phi) is 8.34. The molecule has 4 heterocycles. The zero-order valence-electron chi connectivity index (χ0n) is 27.4. The summed E-state index contributed by atoms with van der Waals surface area (Å²) in [6.45, 7) is 0. The van der Waals surface area contributed by atoms with Crippen molar-refractivity contribution in [3.63, 3.8) is 0 Å². The Hall–Kier alpha value is -6.56. The van der Waals surface area contributed by atoms with Crippen LogP contribution in [-0.4, -0.2) is 95.0 Å². The molecule has 8 rings (SSSR count). The number of rotatable bonds is 4. The van der Waals surface area contributed by atoms with Gasteiger partial charge in [-0.25, -0.2) is 0 Å². The minimum absolute atomic E-state index is 0. The number of amides is 8. The Morgan fingerprint density at radius 2 is 0.490 bits per heavy atom. The first-order valence-corrected chi connectivity index (χ1v) is 15.6. The molecule has 51 heavy (non-hydrogen) atoms. The van der Waals surface area contributed by atoms with Crippen LogP contribution in [0.3, 0.4) is 0 Å². The van der Waals surface area contributed by atoms with E-state index in [0.29, 0.717) is 57.3 Å². The third kappa shape index (κ3) is 5.41. The van der Waals surface area contributed by atoms with Gasteiger partial charge in [0.05, 0.1) is 44.5 Å². The van der Waals surface area contributed by atoms with E-state index in [1.165, 1.54) is 28.2 Å². The highest BCUT2D eigenvalue weighted by atomic mass is 16.2. The summed E-state index contributed by atoms with van der Waals surface area (Å²) in [4.78, 5) is 101. The van der Waals surface area contributed by atoms with Crippen molar-refractivity contribution in [3.8, 4) is 0 Å². The third-order valence-corrected chi connectivity index (χ3v) is 9.43. The summed E-state index contributed by atoms with van der Waals surface area (Å²) in [5.41, 5.74) is 6.69. The molecule has 0 radical (unpaired) electrons. The summed E-state index contributed by atoms with van der Waals surface area (Å²) in [5, 5.41) is 0. The lowest BCUT2D eigenvalue weighted by Crippen LogP contribution is -2.24. The Balaban J connectivity index is 0.000000172. The van der Waals surface area contributed by atoms with Crippen molar-refractivity contribution in [3.05, 3.63) is 140 Å². The van der Waals surface area contributed by atoms with Gasteiger partial charge in [-0.2, -0.15) is 0 Å². The predicted octanol–water partition coefficient (Wildman–Crippen LogP) is 4.09. The van der Waals surface area contributed by atoms with Crippen molar-refractivity contribution < 1.29 is 38.4 Å². The summed E-state index contributed by atoms with van der Waals surface area (Å²) < 4.78 is 0. The highest BCUT2D eigenvalue weighted by molar-refractivity contribution is 6.23. The van der Waals surface area contributed by atoms with Crippen LogP contribution in [0, 0.1) is 0 Å². The van der Waals surface area contributed by atoms with Crippen LogP contribution in [0.15, 0.2) is 72.8 Å². The van der Waals surface area contributed by atoms with Crippen molar-refractivity contribution in [1.29, 1.82) is 0 Å². The molecule has 4 aliphatic heterocycles. The van der Waals surface area contributed by atoms with Crippen LogP contribution in [0.4, 0.5) is 0 Å². The van der Waals surface area contributed by atoms with Gasteiger partial charge in [-0.15, -0.1) is 0 Å². The lowest BCUT2D eigenvalue weighted by molar-refractivity contribution is 0.0677. The molecular weight excluding hydrogens is 652 g/mol. The number of hydrogen-bond acceptors (Lipinski definition) is 8. The number of fused-ring (bicyclic) bond motifs is 4. The Morgan fingerprint density at radius 1 is 0.314 bits per heavy atom. The van der Waals surface area contributed by atoms with Crippen LogP contribution in [0.2, 0.25) is 0 Å². The van der Waals surface area contributed by atoms with Crippen LogP contribution in [0.1, 0.15) is 113 Å². The van der Waals surface area contributed by atoms with Gasteiger partial charge in [-0.3, -0.25) is 58.0 Å². The lowest BCUT2D eigenvalue weighted by atomic mass is 9.98. The molecule has 4 aromatic carbocycles. The number of nitrogens with zero attached hydrogens (tertiary/aromatic N) is 4. The maximum Gasteiger partial charge on any atom is 0.261 e. The van der Waals surface area contributed by atoms with Crippen molar-refractivity contribution in [1.82, 2.24) is 19.6 Å². The van der Waals surface area contributed by atoms with Crippen LogP contribution >= 0.6 is 0 Å². The number of carbonyl (C=O) groups excluding carboxylic acids is 8. The highest BCUT2D eigenvalue weighted by Crippen LogP contribution is 2.28. The molecule has 0 bridgehead atoms. The molecule has 0 atom stereocenters. The normalized spacial score (nSPS) is 15.6. The fourth-order valence-corrected chi connectivity index (χ4v) is 6.54. The van der Waals surface area contributed by atoms with Gasteiger partial charge < -0.3 is 0 Å². The molecule has 12 heteroatoms. The largest absolute Gasteiger partial charge is 0.277 e. The van der Waals surface area contributed by atoms with E-state index in [9.17, 15) is 38.4 Å². The summed E-state index contributed by atoms with van der Waals surface area (Å²) in [5.74, 6) is -2.41. The second kappa shape index (κ2) is 12.4. The smallest absolute Gasteiger partial charge is 0.261 e. The molecule has 0 saturated heterocycles. The predicted molar refractivity (Wildman–Crippen MR) is 184 cm³/mol. The van der Waals surface area contributed by atoms with Crippen molar-refractivity contribution in [2.45, 2.75) is 20.3 Å². The fraction of sp³-hybridized carbons (Fsp3) is 0.179. The molecule has 256 valence electrons. The van der Waals surface area contributed by atoms with E-state index < -0.39 is 0 Å². The highest BCUT2D eigenvalue weighted by Gasteiger charge is 2.36. The van der Waals surface area contributed by atoms with Gasteiger partial charge in [0.15, 0.2) is 0 Å². The van der Waals surface area contributed by atoms with Crippen molar-refractivity contribution in [2.75, 3.05) is 28.2 Å². The van der Waals surface area contributed by atoms with Gasteiger partial charge in [0.25, 0.3) is 47.3 Å². The minimum Gasteiger partial charge on any atom is -0.277 e. The van der Waals surface area contributed by atoms with Gasteiger partial charge in [0.1, 0.15) is 0 Å². The van der Waals surface area contributed by atoms with Crippen molar-refractivity contribution in [2.24, 2.45) is 0 Å². The molecule has 4 aromatic rings. The average molecular weight is 685 g/mol. The Morgan fingerprint density at radius 3 is 0.686 bits per heavy atom. The molecular formula is C39H32N4O8. The summed E-state index contributed by atoms with van der Waals surface area (Å²) in [7, 11) is 5.85. The van der Waals surface area contributed by atoms with E-state index in [0.717, 1.165) is 41.9 Å². The van der Waals surface area contributed by atoms with Crippen LogP contribution < -0.4 is 0 Å². The molecule has 0 spiro atoms. The Bertz CT molecular complexity index is 1990. The van der Waals surface area contributed by atoms with E-state index in [1.54, 1.807) is 72.8 Å². The maximum absolute atomic E-state index is 12.1. The topological polar surface area (TPSA) is 150 Å². The Labute approximate surface area is 292 Å². The first kappa shape index (κ1) is 34.3. The van der Waals surface area contributed by atoms with E-state index in [2.05, 4.69) is 0 Å². The maximum atomic E-state index is 12.1. The summed E-state index contributed by atoms with van der Waals surface area (Å²) in [6, 6.07) is 20.7. The van der Waals surface area contributed by atoms with Gasteiger partial charge in [-0.1, -0.05) is 31.7 Å². The van der Waals surface area contributed by atoms with E-state index in [-0.39, 0.29) is 54.7 Å². The molecule has 8 amide bonds. The number of imide groups is 4. The van der Waals surface area contributed by atoms with Crippen LogP contribution in [0.25, 0.3) is 0 Å². The molecule has 0 aliphatic carbocycles. The van der Waals surface area contributed by atoms with Gasteiger partial charge in [-0.05, 0) is 83.6 Å². The van der Waals surface area contributed by atoms with Gasteiger partial charge >= 0.3 is 0 Å². The molecule has 4 aliphatic rings. The lowest BCUT2D eigenvalue weighted by Gasteiger charge is -2.05. The second-order valence-corrected chi connectivity index (χ2v) is 12.6. The van der Waals surface area contributed by atoms with Gasteiger partial charge in [0.2, 0.25) is 0 Å². The number of benzene rings is 4. The standard InChI is InChI=1S/2C19H14N2O4.CH4/c2*1-20-16(22)12-5-3-10(8-14(12)18(20)24)7-11-4-6-13-15(9-11)19(25)21(2)17(13)23;/h2*3-6,8-9H,7H2,1-2H3;1H4. The monoisotopic (exact) mass is 684 g/mol. The van der Waals surface area contributed by atoms with E-state index in [4.69, 9.17) is 0 Å². The molecule has 0 N–H and O–H groups in total. The first-order valence-electron chi connectivity index (χ1n) is 15.6. The first-order chi connectivity index (χ1) is 23.8. The zero-order chi connectivity index (χ0) is 35.8. The van der Waals surface area contributed by atoms with Crippen LogP contribution in [0.5, 0.6) is 0 Å². The fourth-order valence-electron chi connectivity index (χ4n) is 6.54. The summed E-state index contributed by atoms with van der Waals surface area (Å²) >= 11 is 0. The average Bonchev–Trinajstić information content (AvgIpc) is 3.65. The molecule has 12 nitrogen and oxygen atoms in total. The third-order valence-electron chi connectivity index (χ3n) is 9.43. The van der Waals surface area contributed by atoms with Gasteiger partial charge in [0, 0.05) is 28.2 Å². The molecule has 0 aromatic heterocycles. The second-order valence-electron chi connectivity index (χ2n) is 12.6. The quantitative estimate of drug-likeness (QED) is 0.292.